The molecule has 1 N–H and O–H groups in total. The predicted octanol–water partition coefficient (Wildman–Crippen LogP) is 3.08. The van der Waals surface area contributed by atoms with E-state index in [2.05, 4.69) is 48.3 Å². The zero-order chi connectivity index (χ0) is 14.6. The zero-order valence-electron chi connectivity index (χ0n) is 12.9. The lowest BCUT2D eigenvalue weighted by molar-refractivity contribution is -0.133. The fourth-order valence-corrected chi connectivity index (χ4v) is 4.19. The van der Waals surface area contributed by atoms with Crippen molar-refractivity contribution >= 4 is 5.91 Å². The molecule has 2 saturated carbocycles. The van der Waals surface area contributed by atoms with Crippen LogP contribution in [0, 0.1) is 11.8 Å². The molecule has 4 unspecified atom stereocenters. The van der Waals surface area contributed by atoms with Crippen molar-refractivity contribution in [2.45, 2.75) is 57.3 Å². The monoisotopic (exact) mass is 284 g/mol. The van der Waals surface area contributed by atoms with Gasteiger partial charge >= 0.3 is 0 Å². The van der Waals surface area contributed by atoms with Gasteiger partial charge in [0.05, 0.1) is 0 Å². The van der Waals surface area contributed by atoms with E-state index in [4.69, 9.17) is 0 Å². The SMILES string of the molecule is CC1CCC(N2C(=O)C3(CC3)NC2c2ccccc2)C1C. The number of carbonyl (C=O) groups is 1. The standard InChI is InChI=1S/C18H24N2O/c1-12-8-9-15(13(12)2)20-16(14-6-4-3-5-7-14)19-18(10-11-18)17(20)21/h3-7,12-13,15-16,19H,8-11H2,1-2H3. The second-order valence-electron chi connectivity index (χ2n) is 7.23. The first-order chi connectivity index (χ1) is 10.1. The summed E-state index contributed by atoms with van der Waals surface area (Å²) in [5.74, 6) is 1.66. The maximum atomic E-state index is 13.0. The molecule has 0 bridgehead atoms. The van der Waals surface area contributed by atoms with Crippen molar-refractivity contribution in [3.8, 4) is 0 Å². The minimum atomic E-state index is -0.230. The van der Waals surface area contributed by atoms with Crippen LogP contribution in [0.4, 0.5) is 0 Å². The quantitative estimate of drug-likeness (QED) is 0.905. The van der Waals surface area contributed by atoms with Crippen molar-refractivity contribution in [1.29, 1.82) is 0 Å². The van der Waals surface area contributed by atoms with Crippen LogP contribution in [-0.4, -0.2) is 22.4 Å². The predicted molar refractivity (Wildman–Crippen MR) is 82.5 cm³/mol. The van der Waals surface area contributed by atoms with Crippen LogP contribution in [0.5, 0.6) is 0 Å². The van der Waals surface area contributed by atoms with Gasteiger partial charge in [0, 0.05) is 6.04 Å². The molecule has 3 heteroatoms. The molecule has 1 saturated heterocycles. The van der Waals surface area contributed by atoms with E-state index in [1.807, 2.05) is 6.07 Å². The van der Waals surface area contributed by atoms with Crippen molar-refractivity contribution < 1.29 is 4.79 Å². The lowest BCUT2D eigenvalue weighted by Crippen LogP contribution is -2.42. The van der Waals surface area contributed by atoms with Crippen LogP contribution in [0.3, 0.4) is 0 Å². The molecule has 1 amide bonds. The van der Waals surface area contributed by atoms with Gasteiger partial charge in [0.2, 0.25) is 5.91 Å². The Labute approximate surface area is 126 Å². The fourth-order valence-electron chi connectivity index (χ4n) is 4.19. The minimum absolute atomic E-state index is 0.0685. The van der Waals surface area contributed by atoms with Gasteiger partial charge in [0.25, 0.3) is 0 Å². The lowest BCUT2D eigenvalue weighted by Gasteiger charge is -2.34. The molecule has 1 heterocycles. The smallest absolute Gasteiger partial charge is 0.244 e. The number of benzene rings is 1. The highest BCUT2D eigenvalue weighted by atomic mass is 16.2. The van der Waals surface area contributed by atoms with Gasteiger partial charge in [0.1, 0.15) is 11.7 Å². The highest BCUT2D eigenvalue weighted by Gasteiger charge is 2.61. The lowest BCUT2D eigenvalue weighted by atomic mass is 9.96. The molecule has 1 aromatic carbocycles. The Morgan fingerprint density at radius 1 is 1.14 bits per heavy atom. The molecule has 3 aliphatic rings. The molecule has 112 valence electrons. The number of carbonyl (C=O) groups excluding carboxylic acids is 1. The van der Waals surface area contributed by atoms with Crippen LogP contribution in [-0.2, 0) is 4.79 Å². The summed E-state index contributed by atoms with van der Waals surface area (Å²) >= 11 is 0. The van der Waals surface area contributed by atoms with Gasteiger partial charge in [-0.1, -0.05) is 44.2 Å². The van der Waals surface area contributed by atoms with Crippen LogP contribution in [0.15, 0.2) is 30.3 Å². The molecule has 1 spiro atoms. The Morgan fingerprint density at radius 2 is 1.86 bits per heavy atom. The van der Waals surface area contributed by atoms with Gasteiger partial charge in [-0.25, -0.2) is 0 Å². The Hall–Kier alpha value is -1.35. The van der Waals surface area contributed by atoms with Gasteiger partial charge in [0.15, 0.2) is 0 Å². The number of nitrogens with one attached hydrogen (secondary N) is 1. The van der Waals surface area contributed by atoms with Gasteiger partial charge in [-0.15, -0.1) is 0 Å². The number of nitrogens with zero attached hydrogens (tertiary/aromatic N) is 1. The Kier molecular flexibility index (Phi) is 2.90. The maximum Gasteiger partial charge on any atom is 0.244 e. The van der Waals surface area contributed by atoms with Gasteiger partial charge in [-0.2, -0.15) is 0 Å². The molecule has 21 heavy (non-hydrogen) atoms. The molecule has 3 nitrogen and oxygen atoms in total. The van der Waals surface area contributed by atoms with Crippen molar-refractivity contribution in [2.24, 2.45) is 11.8 Å². The van der Waals surface area contributed by atoms with Crippen molar-refractivity contribution in [3.05, 3.63) is 35.9 Å². The van der Waals surface area contributed by atoms with E-state index in [1.165, 1.54) is 12.0 Å². The summed E-state index contributed by atoms with van der Waals surface area (Å²) in [5.41, 5.74) is 0.993. The fraction of sp³-hybridized carbons (Fsp3) is 0.611. The molecule has 2 aliphatic carbocycles. The number of amides is 1. The van der Waals surface area contributed by atoms with E-state index < -0.39 is 0 Å². The topological polar surface area (TPSA) is 32.3 Å². The van der Waals surface area contributed by atoms with E-state index in [0.29, 0.717) is 17.9 Å². The molecule has 4 atom stereocenters. The second kappa shape index (κ2) is 4.57. The van der Waals surface area contributed by atoms with Crippen LogP contribution >= 0.6 is 0 Å². The summed E-state index contributed by atoms with van der Waals surface area (Å²) in [6.07, 6.45) is 4.46. The Bertz CT molecular complexity index is 552. The molecule has 0 aromatic heterocycles. The van der Waals surface area contributed by atoms with Gasteiger partial charge in [-0.05, 0) is 43.1 Å². The average Bonchev–Trinajstić information content (AvgIpc) is 3.15. The number of rotatable bonds is 2. The van der Waals surface area contributed by atoms with Crippen LogP contribution in [0.2, 0.25) is 0 Å². The molecule has 3 fully saturated rings. The van der Waals surface area contributed by atoms with Crippen molar-refractivity contribution in [1.82, 2.24) is 10.2 Å². The van der Waals surface area contributed by atoms with E-state index in [9.17, 15) is 4.79 Å². The first-order valence-electron chi connectivity index (χ1n) is 8.28. The molecular formula is C18H24N2O. The largest absolute Gasteiger partial charge is 0.318 e. The third-order valence-electron chi connectivity index (χ3n) is 5.98. The summed E-state index contributed by atoms with van der Waals surface area (Å²) < 4.78 is 0. The maximum absolute atomic E-state index is 13.0. The third-order valence-corrected chi connectivity index (χ3v) is 5.98. The van der Waals surface area contributed by atoms with Gasteiger partial charge < -0.3 is 4.90 Å². The summed E-state index contributed by atoms with van der Waals surface area (Å²) in [6, 6.07) is 10.9. The molecule has 4 rings (SSSR count). The van der Waals surface area contributed by atoms with E-state index >= 15 is 0 Å². The van der Waals surface area contributed by atoms with Crippen molar-refractivity contribution in [3.63, 3.8) is 0 Å². The summed E-state index contributed by atoms with van der Waals surface area (Å²) in [4.78, 5) is 15.2. The van der Waals surface area contributed by atoms with Gasteiger partial charge in [-0.3, -0.25) is 10.1 Å². The first kappa shape index (κ1) is 13.3. The van der Waals surface area contributed by atoms with E-state index in [1.54, 1.807) is 0 Å². The second-order valence-corrected chi connectivity index (χ2v) is 7.23. The molecule has 1 aliphatic heterocycles. The number of hydrogen-bond acceptors (Lipinski definition) is 2. The Morgan fingerprint density at radius 3 is 2.43 bits per heavy atom. The van der Waals surface area contributed by atoms with E-state index in [-0.39, 0.29) is 11.7 Å². The molecular weight excluding hydrogens is 260 g/mol. The number of hydrogen-bond donors (Lipinski definition) is 1. The highest BCUT2D eigenvalue weighted by molar-refractivity contribution is 5.92. The summed E-state index contributed by atoms with van der Waals surface area (Å²) in [6.45, 7) is 4.64. The molecule has 1 aromatic rings. The third kappa shape index (κ3) is 1.94. The Balaban J connectivity index is 1.70. The van der Waals surface area contributed by atoms with E-state index in [0.717, 1.165) is 25.2 Å². The summed E-state index contributed by atoms with van der Waals surface area (Å²) in [7, 11) is 0. The van der Waals surface area contributed by atoms with Crippen LogP contribution < -0.4 is 5.32 Å². The highest BCUT2D eigenvalue weighted by Crippen LogP contribution is 2.49. The van der Waals surface area contributed by atoms with Crippen molar-refractivity contribution in [2.75, 3.05) is 0 Å². The summed E-state index contributed by atoms with van der Waals surface area (Å²) in [5, 5.41) is 3.65. The van der Waals surface area contributed by atoms with Crippen LogP contribution in [0.25, 0.3) is 0 Å². The first-order valence-corrected chi connectivity index (χ1v) is 8.28. The zero-order valence-corrected chi connectivity index (χ0v) is 12.9. The normalized spacial score (nSPS) is 37.4. The molecule has 0 radical (unpaired) electrons. The van der Waals surface area contributed by atoms with Crippen LogP contribution in [0.1, 0.15) is 51.3 Å². The minimum Gasteiger partial charge on any atom is -0.318 e. The average molecular weight is 284 g/mol.